The lowest BCUT2D eigenvalue weighted by Crippen LogP contribution is -2.53. The van der Waals surface area contributed by atoms with Crippen LogP contribution in [0.25, 0.3) is 0 Å². The topological polar surface area (TPSA) is 120 Å². The molecule has 2 saturated heterocycles. The van der Waals surface area contributed by atoms with Crippen molar-refractivity contribution in [3.05, 3.63) is 29.8 Å². The molecule has 0 spiro atoms. The first kappa shape index (κ1) is 26.0. The van der Waals surface area contributed by atoms with E-state index in [1.165, 1.54) is 11.8 Å². The van der Waals surface area contributed by atoms with Gasteiger partial charge in [-0.25, -0.2) is 23.5 Å². The number of methoxy groups -OCH3 is 1. The lowest BCUT2D eigenvalue weighted by molar-refractivity contribution is -0.201. The van der Waals surface area contributed by atoms with Crippen LogP contribution in [-0.4, -0.2) is 70.7 Å². The number of ether oxygens (including phenoxy) is 3. The number of cyclic esters (lactones) is 1. The molecular weight excluding hydrogens is 464 g/mol. The zero-order valence-corrected chi connectivity index (χ0v) is 20.4. The Labute approximate surface area is 199 Å². The van der Waals surface area contributed by atoms with Crippen LogP contribution in [0.2, 0.25) is 0 Å². The number of hydroxylamine groups is 1. The van der Waals surface area contributed by atoms with Gasteiger partial charge in [-0.1, -0.05) is 11.8 Å². The molecule has 0 radical (unpaired) electrons. The fourth-order valence-corrected chi connectivity index (χ4v) is 4.52. The molecule has 34 heavy (non-hydrogen) atoms. The van der Waals surface area contributed by atoms with E-state index in [4.69, 9.17) is 19.0 Å². The molecule has 11 heteroatoms. The van der Waals surface area contributed by atoms with Gasteiger partial charge in [-0.3, -0.25) is 9.69 Å². The summed E-state index contributed by atoms with van der Waals surface area (Å²) in [6.07, 6.45) is 1.08. The van der Waals surface area contributed by atoms with Crippen molar-refractivity contribution >= 4 is 27.5 Å². The van der Waals surface area contributed by atoms with E-state index in [0.717, 1.165) is 24.7 Å². The van der Waals surface area contributed by atoms with E-state index >= 15 is 0 Å². The predicted molar refractivity (Wildman–Crippen MR) is 123 cm³/mol. The number of sulfone groups is 1. The molecule has 186 valence electrons. The number of carbonyl (C=O) groups excluding carboxylic acids is 2. The second kappa shape index (κ2) is 11.2. The molecule has 3 atom stereocenters. The van der Waals surface area contributed by atoms with E-state index in [1.807, 2.05) is 0 Å². The van der Waals surface area contributed by atoms with Crippen LogP contribution in [0.4, 0.5) is 10.5 Å². The molecule has 0 saturated carbocycles. The summed E-state index contributed by atoms with van der Waals surface area (Å²) in [5.41, 5.74) is 3.57. The first-order chi connectivity index (χ1) is 16.1. The van der Waals surface area contributed by atoms with E-state index in [0.29, 0.717) is 25.3 Å². The summed E-state index contributed by atoms with van der Waals surface area (Å²) >= 11 is 0. The summed E-state index contributed by atoms with van der Waals surface area (Å²) in [5, 5.41) is 0. The molecule has 3 rings (SSSR count). The summed E-state index contributed by atoms with van der Waals surface area (Å²) in [6.45, 7) is 2.22. The smallest absolute Gasteiger partial charge is 0.414 e. The molecule has 0 aliphatic carbocycles. The highest BCUT2D eigenvalue weighted by atomic mass is 32.2. The Hall–Kier alpha value is -2.65. The summed E-state index contributed by atoms with van der Waals surface area (Å²) in [4.78, 5) is 32.0. The maximum atomic E-state index is 12.9. The van der Waals surface area contributed by atoms with Gasteiger partial charge >= 0.3 is 6.09 Å². The van der Waals surface area contributed by atoms with E-state index in [1.54, 1.807) is 31.4 Å². The maximum Gasteiger partial charge on any atom is 0.414 e. The van der Waals surface area contributed by atoms with Crippen molar-refractivity contribution in [2.75, 3.05) is 38.0 Å². The van der Waals surface area contributed by atoms with Gasteiger partial charge < -0.3 is 14.2 Å². The van der Waals surface area contributed by atoms with Crippen LogP contribution in [0, 0.1) is 11.8 Å². The van der Waals surface area contributed by atoms with Crippen LogP contribution in [0.1, 0.15) is 38.2 Å². The molecular formula is C23H30N2O8S. The molecule has 1 aromatic carbocycles. The number of hydrogen-bond donors (Lipinski definition) is 1. The van der Waals surface area contributed by atoms with Gasteiger partial charge in [0.15, 0.2) is 20.9 Å². The van der Waals surface area contributed by atoms with Crippen molar-refractivity contribution in [3.63, 3.8) is 0 Å². The fraction of sp³-hybridized carbons (Fsp3) is 0.565. The molecule has 2 unspecified atom stereocenters. The minimum Gasteiger partial charge on any atom is -0.444 e. The van der Waals surface area contributed by atoms with Crippen molar-refractivity contribution in [1.82, 2.24) is 5.48 Å². The fourth-order valence-electron chi connectivity index (χ4n) is 3.65. The van der Waals surface area contributed by atoms with Crippen LogP contribution in [0.15, 0.2) is 24.3 Å². The van der Waals surface area contributed by atoms with Crippen LogP contribution >= 0.6 is 0 Å². The SMILES string of the molecule is COCC#Cc1ccc(N2C[C@H](CC(C)(C(=O)NOC3CCCCO3)S(C)(=O)=O)OC2=O)cc1. The molecule has 0 bridgehead atoms. The van der Waals surface area contributed by atoms with Crippen molar-refractivity contribution in [2.24, 2.45) is 0 Å². The van der Waals surface area contributed by atoms with Gasteiger partial charge in [-0.2, -0.15) is 0 Å². The Bertz CT molecular complexity index is 1040. The highest BCUT2D eigenvalue weighted by Crippen LogP contribution is 2.30. The van der Waals surface area contributed by atoms with Gasteiger partial charge in [0.2, 0.25) is 0 Å². The number of benzene rings is 1. The summed E-state index contributed by atoms with van der Waals surface area (Å²) in [6, 6.07) is 6.97. The molecule has 1 aromatic rings. The molecule has 2 aliphatic heterocycles. The monoisotopic (exact) mass is 494 g/mol. The van der Waals surface area contributed by atoms with E-state index in [-0.39, 0.29) is 13.0 Å². The van der Waals surface area contributed by atoms with Gasteiger partial charge in [0, 0.05) is 44.1 Å². The maximum absolute atomic E-state index is 12.9. The Morgan fingerprint density at radius 2 is 2.03 bits per heavy atom. The largest absolute Gasteiger partial charge is 0.444 e. The second-order valence-electron chi connectivity index (χ2n) is 8.45. The average molecular weight is 495 g/mol. The Kier molecular flexibility index (Phi) is 8.54. The van der Waals surface area contributed by atoms with Crippen molar-refractivity contribution in [1.29, 1.82) is 0 Å². The lowest BCUT2D eigenvalue weighted by Gasteiger charge is -2.29. The molecule has 2 fully saturated rings. The normalized spacial score (nSPS) is 22.3. The zero-order chi connectivity index (χ0) is 24.8. The number of nitrogens with zero attached hydrogens (tertiary/aromatic N) is 1. The van der Waals surface area contributed by atoms with Gasteiger partial charge in [-0.05, 0) is 44.0 Å². The third kappa shape index (κ3) is 6.27. The zero-order valence-electron chi connectivity index (χ0n) is 19.5. The minimum atomic E-state index is -3.89. The van der Waals surface area contributed by atoms with Gasteiger partial charge in [-0.15, -0.1) is 0 Å². The van der Waals surface area contributed by atoms with E-state index in [9.17, 15) is 18.0 Å². The van der Waals surface area contributed by atoms with Crippen molar-refractivity contribution < 1.29 is 37.1 Å². The lowest BCUT2D eigenvalue weighted by atomic mass is 10.0. The third-order valence-electron chi connectivity index (χ3n) is 5.84. The second-order valence-corrected chi connectivity index (χ2v) is 10.9. The molecule has 2 amide bonds. The van der Waals surface area contributed by atoms with Crippen molar-refractivity contribution in [3.8, 4) is 11.8 Å². The number of hydrogen-bond acceptors (Lipinski definition) is 8. The summed E-state index contributed by atoms with van der Waals surface area (Å²) < 4.78 is 39.0. The molecule has 2 heterocycles. The van der Waals surface area contributed by atoms with E-state index < -0.39 is 39.0 Å². The van der Waals surface area contributed by atoms with Crippen molar-refractivity contribution in [2.45, 2.75) is 49.7 Å². The number of anilines is 1. The van der Waals surface area contributed by atoms with Gasteiger partial charge in [0.25, 0.3) is 5.91 Å². The number of rotatable bonds is 8. The first-order valence-electron chi connectivity index (χ1n) is 11.0. The van der Waals surface area contributed by atoms with Crippen LogP contribution in [0.3, 0.4) is 0 Å². The van der Waals surface area contributed by atoms with Gasteiger partial charge in [0.1, 0.15) is 12.7 Å². The molecule has 2 aliphatic rings. The summed E-state index contributed by atoms with van der Waals surface area (Å²) in [7, 11) is -2.33. The molecule has 0 aromatic heterocycles. The third-order valence-corrected chi connectivity index (χ3v) is 7.83. The average Bonchev–Trinajstić information content (AvgIpc) is 3.17. The molecule has 1 N–H and O–H groups in total. The predicted octanol–water partition coefficient (Wildman–Crippen LogP) is 1.78. The van der Waals surface area contributed by atoms with Crippen LogP contribution in [-0.2, 0) is 33.7 Å². The number of nitrogens with one attached hydrogen (secondary N) is 1. The number of amides is 2. The Balaban J connectivity index is 1.66. The minimum absolute atomic E-state index is 0.0958. The van der Waals surface area contributed by atoms with Gasteiger partial charge in [0.05, 0.1) is 6.54 Å². The van der Waals surface area contributed by atoms with Crippen LogP contribution < -0.4 is 10.4 Å². The van der Waals surface area contributed by atoms with Crippen LogP contribution in [0.5, 0.6) is 0 Å². The quantitative estimate of drug-likeness (QED) is 0.429. The standard InChI is InChI=1S/C23H30N2O8S/c1-23(34(3,28)29,21(26)24-33-20-8-4-5-14-31-20)15-19-16-25(22(27)32-19)18-11-9-17(10-12-18)7-6-13-30-2/h9-12,19-20H,4-5,8,13-16H2,1-3H3,(H,24,26)/t19-,20?,23?/m0/s1. The van der Waals surface area contributed by atoms with E-state index in [2.05, 4.69) is 17.3 Å². The Morgan fingerprint density at radius 3 is 2.65 bits per heavy atom. The first-order valence-corrected chi connectivity index (χ1v) is 12.9. The highest BCUT2D eigenvalue weighted by Gasteiger charge is 2.48. The highest BCUT2D eigenvalue weighted by molar-refractivity contribution is 7.92. The molecule has 10 nitrogen and oxygen atoms in total. The summed E-state index contributed by atoms with van der Waals surface area (Å²) in [5.74, 6) is 4.95. The number of carbonyl (C=O) groups is 2. The Morgan fingerprint density at radius 1 is 1.29 bits per heavy atom.